The summed E-state index contributed by atoms with van der Waals surface area (Å²) in [4.78, 5) is 14.6. The van der Waals surface area contributed by atoms with E-state index in [1.807, 2.05) is 24.3 Å². The quantitative estimate of drug-likeness (QED) is 0.765. The van der Waals surface area contributed by atoms with Crippen molar-refractivity contribution in [1.82, 2.24) is 10.2 Å². The third-order valence-corrected chi connectivity index (χ3v) is 4.84. The van der Waals surface area contributed by atoms with Crippen molar-refractivity contribution in [3.8, 4) is 0 Å². The second kappa shape index (κ2) is 10.5. The van der Waals surface area contributed by atoms with Gasteiger partial charge in [0.2, 0.25) is 0 Å². The highest BCUT2D eigenvalue weighted by atomic mass is 35.5. The van der Waals surface area contributed by atoms with E-state index in [1.54, 1.807) is 0 Å². The smallest absolute Gasteiger partial charge is 0.251 e. The number of hydrogen-bond donors (Lipinski definition) is 2. The zero-order chi connectivity index (χ0) is 17.1. The molecule has 3 atom stereocenters. The van der Waals surface area contributed by atoms with Crippen molar-refractivity contribution < 1.29 is 9.53 Å². The Kier molecular flexibility index (Phi) is 9.34. The van der Waals surface area contributed by atoms with E-state index >= 15 is 0 Å². The van der Waals surface area contributed by atoms with Crippen molar-refractivity contribution >= 4 is 30.7 Å². The topological polar surface area (TPSA) is 67.6 Å². The summed E-state index contributed by atoms with van der Waals surface area (Å²) in [5.41, 5.74) is 7.95. The van der Waals surface area contributed by atoms with Gasteiger partial charge >= 0.3 is 0 Å². The molecule has 1 aliphatic heterocycles. The van der Waals surface area contributed by atoms with Gasteiger partial charge in [-0.25, -0.2) is 0 Å². The molecule has 1 aromatic rings. The van der Waals surface area contributed by atoms with Gasteiger partial charge in [-0.3, -0.25) is 9.69 Å². The van der Waals surface area contributed by atoms with Crippen LogP contribution in [0.1, 0.15) is 42.6 Å². The third kappa shape index (κ3) is 6.71. The van der Waals surface area contributed by atoms with Crippen LogP contribution in [0.15, 0.2) is 24.3 Å². The molecule has 0 radical (unpaired) electrons. The molecule has 148 valence electrons. The number of morpholine rings is 1. The number of rotatable bonds is 6. The molecule has 3 unspecified atom stereocenters. The van der Waals surface area contributed by atoms with Crippen LogP contribution in [0.4, 0.5) is 0 Å². The average molecular weight is 404 g/mol. The Bertz CT molecular complexity index is 556. The standard InChI is InChI=1S/C19H29N3O2.2ClH/c1-13-10-22(11-14(2)24-13)12-15-3-5-17(6-4-15)19(23)21-9-18(20)16-7-8-16;;/h3-6,13-14,16,18H,7-12,20H2,1-2H3,(H,21,23);2*1H. The number of carbonyl (C=O) groups is 1. The van der Waals surface area contributed by atoms with Gasteiger partial charge in [0.15, 0.2) is 0 Å². The van der Waals surface area contributed by atoms with Crippen LogP contribution < -0.4 is 11.1 Å². The van der Waals surface area contributed by atoms with E-state index in [4.69, 9.17) is 10.5 Å². The van der Waals surface area contributed by atoms with E-state index in [-0.39, 0.29) is 49.0 Å². The van der Waals surface area contributed by atoms with E-state index in [2.05, 4.69) is 24.1 Å². The summed E-state index contributed by atoms with van der Waals surface area (Å²) in [6, 6.07) is 7.99. The average Bonchev–Trinajstić information content (AvgIpc) is 3.37. The normalized spacial score (nSPS) is 24.1. The Labute approximate surface area is 168 Å². The number of amides is 1. The van der Waals surface area contributed by atoms with Crippen LogP contribution in [0.5, 0.6) is 0 Å². The predicted octanol–water partition coefficient (Wildman–Crippen LogP) is 2.61. The van der Waals surface area contributed by atoms with Gasteiger partial charge in [0.1, 0.15) is 0 Å². The number of hydrogen-bond acceptors (Lipinski definition) is 4. The number of nitrogens with zero attached hydrogens (tertiary/aromatic N) is 1. The minimum Gasteiger partial charge on any atom is -0.373 e. The maximum absolute atomic E-state index is 12.2. The molecule has 2 fully saturated rings. The highest BCUT2D eigenvalue weighted by molar-refractivity contribution is 5.94. The minimum absolute atomic E-state index is 0. The van der Waals surface area contributed by atoms with Crippen LogP contribution >= 0.6 is 24.8 Å². The third-order valence-electron chi connectivity index (χ3n) is 4.84. The first-order valence-corrected chi connectivity index (χ1v) is 9.02. The Hall–Kier alpha value is -0.850. The van der Waals surface area contributed by atoms with Crippen LogP contribution in [-0.4, -0.2) is 48.7 Å². The van der Waals surface area contributed by atoms with Gasteiger partial charge in [-0.2, -0.15) is 0 Å². The Morgan fingerprint density at radius 1 is 1.19 bits per heavy atom. The number of nitrogens with two attached hydrogens (primary N) is 1. The van der Waals surface area contributed by atoms with Crippen LogP contribution in [-0.2, 0) is 11.3 Å². The van der Waals surface area contributed by atoms with Crippen LogP contribution in [0.3, 0.4) is 0 Å². The maximum atomic E-state index is 12.2. The van der Waals surface area contributed by atoms with Gasteiger partial charge in [0, 0.05) is 37.8 Å². The molecule has 1 saturated heterocycles. The SMILES string of the molecule is CC1CN(Cc2ccc(C(=O)NCC(N)C3CC3)cc2)CC(C)O1.Cl.Cl. The molecule has 1 aromatic carbocycles. The Balaban J connectivity index is 0.00000169. The molecule has 7 heteroatoms. The summed E-state index contributed by atoms with van der Waals surface area (Å²) in [6.07, 6.45) is 2.94. The number of halogens is 2. The fourth-order valence-electron chi connectivity index (χ4n) is 3.44. The van der Waals surface area contributed by atoms with Gasteiger partial charge in [-0.05, 0) is 50.3 Å². The highest BCUT2D eigenvalue weighted by Crippen LogP contribution is 2.31. The van der Waals surface area contributed by atoms with Crippen LogP contribution in [0.2, 0.25) is 0 Å². The molecule has 1 heterocycles. The van der Waals surface area contributed by atoms with E-state index in [1.165, 1.54) is 18.4 Å². The monoisotopic (exact) mass is 403 g/mol. The summed E-state index contributed by atoms with van der Waals surface area (Å²) >= 11 is 0. The molecule has 0 aromatic heterocycles. The lowest BCUT2D eigenvalue weighted by Crippen LogP contribution is -2.44. The van der Waals surface area contributed by atoms with Gasteiger partial charge in [-0.1, -0.05) is 12.1 Å². The van der Waals surface area contributed by atoms with Crippen LogP contribution in [0.25, 0.3) is 0 Å². The van der Waals surface area contributed by atoms with Gasteiger partial charge < -0.3 is 15.8 Å². The molecular formula is C19H31Cl2N3O2. The molecule has 1 amide bonds. The first kappa shape index (κ1) is 23.2. The van der Waals surface area contributed by atoms with E-state index in [0.717, 1.165) is 19.6 Å². The van der Waals surface area contributed by atoms with E-state index in [9.17, 15) is 4.79 Å². The molecule has 0 bridgehead atoms. The lowest BCUT2D eigenvalue weighted by atomic mass is 10.1. The lowest BCUT2D eigenvalue weighted by molar-refractivity contribution is -0.0704. The second-order valence-electron chi connectivity index (χ2n) is 7.36. The van der Waals surface area contributed by atoms with Gasteiger partial charge in [0.25, 0.3) is 5.91 Å². The summed E-state index contributed by atoms with van der Waals surface area (Å²) < 4.78 is 5.77. The summed E-state index contributed by atoms with van der Waals surface area (Å²) in [5, 5.41) is 2.94. The van der Waals surface area contributed by atoms with E-state index < -0.39 is 0 Å². The molecule has 1 saturated carbocycles. The molecule has 26 heavy (non-hydrogen) atoms. The van der Waals surface area contributed by atoms with Crippen LogP contribution in [0, 0.1) is 5.92 Å². The number of benzene rings is 1. The first-order chi connectivity index (χ1) is 11.5. The summed E-state index contributed by atoms with van der Waals surface area (Å²) in [5.74, 6) is 0.567. The van der Waals surface area contributed by atoms with Crippen molar-refractivity contribution in [1.29, 1.82) is 0 Å². The van der Waals surface area contributed by atoms with Crippen molar-refractivity contribution in [2.45, 2.75) is 51.5 Å². The predicted molar refractivity (Wildman–Crippen MR) is 109 cm³/mol. The Morgan fingerprint density at radius 2 is 1.77 bits per heavy atom. The van der Waals surface area contributed by atoms with Gasteiger partial charge in [0.05, 0.1) is 12.2 Å². The second-order valence-corrected chi connectivity index (χ2v) is 7.36. The van der Waals surface area contributed by atoms with E-state index in [0.29, 0.717) is 18.0 Å². The van der Waals surface area contributed by atoms with Crippen molar-refractivity contribution in [2.75, 3.05) is 19.6 Å². The maximum Gasteiger partial charge on any atom is 0.251 e. The molecule has 5 nitrogen and oxygen atoms in total. The van der Waals surface area contributed by atoms with Gasteiger partial charge in [-0.15, -0.1) is 24.8 Å². The zero-order valence-electron chi connectivity index (χ0n) is 15.5. The van der Waals surface area contributed by atoms with Crippen molar-refractivity contribution in [3.63, 3.8) is 0 Å². The molecule has 0 spiro atoms. The fraction of sp³-hybridized carbons (Fsp3) is 0.632. The number of ether oxygens (including phenoxy) is 1. The molecule has 2 aliphatic rings. The Morgan fingerprint density at radius 3 is 2.31 bits per heavy atom. The number of nitrogens with one attached hydrogen (secondary N) is 1. The summed E-state index contributed by atoms with van der Waals surface area (Å²) in [6.45, 7) is 7.59. The molecule has 3 rings (SSSR count). The van der Waals surface area contributed by atoms with Crippen molar-refractivity contribution in [3.05, 3.63) is 35.4 Å². The largest absolute Gasteiger partial charge is 0.373 e. The van der Waals surface area contributed by atoms with Crippen molar-refractivity contribution in [2.24, 2.45) is 11.7 Å². The fourth-order valence-corrected chi connectivity index (χ4v) is 3.44. The minimum atomic E-state index is -0.0359. The highest BCUT2D eigenvalue weighted by Gasteiger charge is 2.28. The lowest BCUT2D eigenvalue weighted by Gasteiger charge is -2.35. The number of carbonyl (C=O) groups excluding carboxylic acids is 1. The molecule has 3 N–H and O–H groups in total. The molecule has 1 aliphatic carbocycles. The molecular weight excluding hydrogens is 373 g/mol. The summed E-state index contributed by atoms with van der Waals surface area (Å²) in [7, 11) is 0. The first-order valence-electron chi connectivity index (χ1n) is 9.02. The zero-order valence-corrected chi connectivity index (χ0v) is 17.2.